The summed E-state index contributed by atoms with van der Waals surface area (Å²) in [5.74, 6) is 3.48. The molecule has 0 amide bonds. The van der Waals surface area contributed by atoms with Crippen molar-refractivity contribution >= 4 is 23.5 Å². The Bertz CT molecular complexity index is 842. The molecule has 1 aromatic carbocycles. The first-order chi connectivity index (χ1) is 12.1. The Morgan fingerprint density at radius 2 is 2.12 bits per heavy atom. The van der Waals surface area contributed by atoms with Crippen molar-refractivity contribution in [2.45, 2.75) is 18.9 Å². The summed E-state index contributed by atoms with van der Waals surface area (Å²) in [6, 6.07) is 7.11. The molecule has 0 saturated carbocycles. The maximum atomic E-state index is 11.6. The van der Waals surface area contributed by atoms with Crippen molar-refractivity contribution in [3.05, 3.63) is 35.4 Å². The van der Waals surface area contributed by atoms with Gasteiger partial charge in [-0.05, 0) is 36.5 Å². The van der Waals surface area contributed by atoms with Gasteiger partial charge in [-0.2, -0.15) is 16.7 Å². The standard InChI is InChI=1S/C18H17N3O3S/c1-2-11-4-3-5-12(10-11)16-20-15(19)14(18(22)23)17(21-16)24-13-6-8-25-9-7-13/h1,3-5,10,13H,6-9H2,(H,22,23)(H2,19,20,21). The second kappa shape index (κ2) is 7.45. The number of hydrogen-bond donors (Lipinski definition) is 2. The number of terminal acetylenes is 1. The normalized spacial score (nSPS) is 14.7. The molecule has 0 atom stereocenters. The SMILES string of the molecule is C#Cc1cccc(-c2nc(N)c(C(=O)O)c(OC3CCSCC3)n2)c1. The summed E-state index contributed by atoms with van der Waals surface area (Å²) in [5, 5.41) is 9.45. The maximum absolute atomic E-state index is 11.6. The van der Waals surface area contributed by atoms with Crippen LogP contribution in [0.4, 0.5) is 5.82 Å². The average molecular weight is 355 g/mol. The lowest BCUT2D eigenvalue weighted by atomic mass is 10.1. The van der Waals surface area contributed by atoms with Crippen LogP contribution in [-0.2, 0) is 0 Å². The third-order valence-electron chi connectivity index (χ3n) is 3.85. The fraction of sp³-hybridized carbons (Fsp3) is 0.278. The molecule has 0 radical (unpaired) electrons. The van der Waals surface area contributed by atoms with Gasteiger partial charge in [0.05, 0.1) is 0 Å². The minimum atomic E-state index is -1.21. The molecule has 3 N–H and O–H groups in total. The number of rotatable bonds is 4. The van der Waals surface area contributed by atoms with E-state index in [1.165, 1.54) is 0 Å². The second-order valence-electron chi connectivity index (χ2n) is 5.57. The van der Waals surface area contributed by atoms with E-state index in [0.29, 0.717) is 17.0 Å². The highest BCUT2D eigenvalue weighted by atomic mass is 32.2. The predicted octanol–water partition coefficient (Wildman–Crippen LogP) is 2.68. The molecule has 0 unspecified atom stereocenters. The molecule has 6 nitrogen and oxygen atoms in total. The quantitative estimate of drug-likeness (QED) is 0.814. The van der Waals surface area contributed by atoms with Gasteiger partial charge in [0.25, 0.3) is 0 Å². The highest BCUT2D eigenvalue weighted by molar-refractivity contribution is 7.99. The molecule has 1 fully saturated rings. The topological polar surface area (TPSA) is 98.3 Å². The zero-order valence-corrected chi connectivity index (χ0v) is 14.3. The summed E-state index contributed by atoms with van der Waals surface area (Å²) < 4.78 is 5.88. The number of carboxylic acid groups (broad SMARTS) is 1. The van der Waals surface area contributed by atoms with Crippen LogP contribution in [-0.4, -0.2) is 38.7 Å². The number of nitrogens with zero attached hydrogens (tertiary/aromatic N) is 2. The summed E-state index contributed by atoms with van der Waals surface area (Å²) in [4.78, 5) is 20.0. The van der Waals surface area contributed by atoms with Gasteiger partial charge in [0.15, 0.2) is 11.4 Å². The lowest BCUT2D eigenvalue weighted by Gasteiger charge is -2.23. The largest absolute Gasteiger partial charge is 0.477 e. The van der Waals surface area contributed by atoms with Gasteiger partial charge in [-0.15, -0.1) is 6.42 Å². The first-order valence-corrected chi connectivity index (χ1v) is 8.96. The number of aromatic carboxylic acids is 1. The Balaban J connectivity index is 2.03. The molecule has 0 aliphatic carbocycles. The van der Waals surface area contributed by atoms with Crippen LogP contribution in [0.25, 0.3) is 11.4 Å². The lowest BCUT2D eigenvalue weighted by molar-refractivity contribution is 0.0687. The van der Waals surface area contributed by atoms with E-state index in [1.807, 2.05) is 11.8 Å². The van der Waals surface area contributed by atoms with Gasteiger partial charge in [-0.1, -0.05) is 18.1 Å². The number of carbonyl (C=O) groups is 1. The minimum absolute atomic E-state index is 0.0120. The van der Waals surface area contributed by atoms with E-state index in [-0.39, 0.29) is 23.4 Å². The van der Waals surface area contributed by atoms with Crippen LogP contribution in [0, 0.1) is 12.3 Å². The van der Waals surface area contributed by atoms with Crippen LogP contribution < -0.4 is 10.5 Å². The molecule has 2 aromatic rings. The fourth-order valence-electron chi connectivity index (χ4n) is 2.57. The Morgan fingerprint density at radius 1 is 1.36 bits per heavy atom. The van der Waals surface area contributed by atoms with Crippen LogP contribution in [0.2, 0.25) is 0 Å². The van der Waals surface area contributed by atoms with E-state index in [9.17, 15) is 9.90 Å². The van der Waals surface area contributed by atoms with Gasteiger partial charge in [0.2, 0.25) is 5.88 Å². The predicted molar refractivity (Wildman–Crippen MR) is 97.7 cm³/mol. The molecular weight excluding hydrogens is 338 g/mol. The van der Waals surface area contributed by atoms with Gasteiger partial charge in [-0.3, -0.25) is 0 Å². The number of hydrogen-bond acceptors (Lipinski definition) is 6. The van der Waals surface area contributed by atoms with E-state index in [4.69, 9.17) is 16.9 Å². The van der Waals surface area contributed by atoms with Crippen molar-refractivity contribution in [3.8, 4) is 29.6 Å². The van der Waals surface area contributed by atoms with Crippen LogP contribution in [0.1, 0.15) is 28.8 Å². The first-order valence-electron chi connectivity index (χ1n) is 7.80. The Labute approximate surface area is 149 Å². The van der Waals surface area contributed by atoms with E-state index < -0.39 is 5.97 Å². The second-order valence-corrected chi connectivity index (χ2v) is 6.80. The monoisotopic (exact) mass is 355 g/mol. The number of anilines is 1. The first kappa shape index (κ1) is 17.1. The zero-order chi connectivity index (χ0) is 17.8. The molecule has 7 heteroatoms. The van der Waals surface area contributed by atoms with Crippen molar-refractivity contribution in [1.82, 2.24) is 9.97 Å². The van der Waals surface area contributed by atoms with Crippen LogP contribution in [0.15, 0.2) is 24.3 Å². The third-order valence-corrected chi connectivity index (χ3v) is 4.90. The number of aromatic nitrogens is 2. The number of nitrogens with two attached hydrogens (primary N) is 1. The fourth-order valence-corrected chi connectivity index (χ4v) is 3.64. The highest BCUT2D eigenvalue weighted by Crippen LogP contribution is 2.29. The number of carboxylic acids is 1. The summed E-state index contributed by atoms with van der Waals surface area (Å²) in [6.07, 6.45) is 7.04. The molecule has 1 saturated heterocycles. The van der Waals surface area contributed by atoms with Gasteiger partial charge in [-0.25, -0.2) is 9.78 Å². The summed E-state index contributed by atoms with van der Waals surface area (Å²) in [7, 11) is 0. The van der Waals surface area contributed by atoms with Gasteiger partial charge < -0.3 is 15.6 Å². The molecule has 2 heterocycles. The van der Waals surface area contributed by atoms with Crippen molar-refractivity contribution in [3.63, 3.8) is 0 Å². The maximum Gasteiger partial charge on any atom is 0.345 e. The summed E-state index contributed by atoms with van der Waals surface area (Å²) >= 11 is 1.85. The van der Waals surface area contributed by atoms with Gasteiger partial charge >= 0.3 is 5.97 Å². The number of benzene rings is 1. The van der Waals surface area contributed by atoms with E-state index >= 15 is 0 Å². The molecule has 0 bridgehead atoms. The third kappa shape index (κ3) is 3.86. The number of nitrogen functional groups attached to an aromatic ring is 1. The van der Waals surface area contributed by atoms with E-state index in [2.05, 4.69) is 15.9 Å². The molecule has 128 valence electrons. The van der Waals surface area contributed by atoms with E-state index in [1.54, 1.807) is 24.3 Å². The minimum Gasteiger partial charge on any atom is -0.477 e. The zero-order valence-electron chi connectivity index (χ0n) is 13.4. The smallest absolute Gasteiger partial charge is 0.345 e. The molecule has 1 aliphatic rings. The molecule has 25 heavy (non-hydrogen) atoms. The van der Waals surface area contributed by atoms with Crippen molar-refractivity contribution in [2.75, 3.05) is 17.2 Å². The summed E-state index contributed by atoms with van der Waals surface area (Å²) in [6.45, 7) is 0. The molecule has 1 aromatic heterocycles. The van der Waals surface area contributed by atoms with Crippen molar-refractivity contribution in [1.29, 1.82) is 0 Å². The highest BCUT2D eigenvalue weighted by Gasteiger charge is 2.24. The van der Waals surface area contributed by atoms with Crippen molar-refractivity contribution in [2.24, 2.45) is 0 Å². The molecule has 0 spiro atoms. The lowest BCUT2D eigenvalue weighted by Crippen LogP contribution is -2.24. The van der Waals surface area contributed by atoms with Crippen LogP contribution in [0.5, 0.6) is 5.88 Å². The molecule has 1 aliphatic heterocycles. The average Bonchev–Trinajstić information content (AvgIpc) is 2.62. The van der Waals surface area contributed by atoms with Crippen molar-refractivity contribution < 1.29 is 14.6 Å². The van der Waals surface area contributed by atoms with Gasteiger partial charge in [0.1, 0.15) is 11.9 Å². The molecular formula is C18H17N3O3S. The van der Waals surface area contributed by atoms with Crippen LogP contribution >= 0.6 is 11.8 Å². The Kier molecular flexibility index (Phi) is 5.10. The summed E-state index contributed by atoms with van der Waals surface area (Å²) in [5.41, 5.74) is 7.01. The molecule has 3 rings (SSSR count). The van der Waals surface area contributed by atoms with Gasteiger partial charge in [0, 0.05) is 11.1 Å². The number of thioether (sulfide) groups is 1. The Morgan fingerprint density at radius 3 is 2.80 bits per heavy atom. The number of ether oxygens (including phenoxy) is 1. The van der Waals surface area contributed by atoms with Crippen LogP contribution in [0.3, 0.4) is 0 Å². The Hall–Kier alpha value is -2.72. The van der Waals surface area contributed by atoms with E-state index in [0.717, 1.165) is 24.3 Å².